The van der Waals surface area contributed by atoms with Crippen LogP contribution in [0, 0.1) is 5.92 Å². The Kier molecular flexibility index (Phi) is 4.90. The van der Waals surface area contributed by atoms with Gasteiger partial charge in [0.2, 0.25) is 5.91 Å². The van der Waals surface area contributed by atoms with E-state index in [9.17, 15) is 14.7 Å². The Hall–Kier alpha value is -1.88. The zero-order valence-corrected chi connectivity index (χ0v) is 14.4. The lowest BCUT2D eigenvalue weighted by Gasteiger charge is -2.22. The highest BCUT2D eigenvalue weighted by Crippen LogP contribution is 2.41. The number of amides is 1. The predicted molar refractivity (Wildman–Crippen MR) is 93.0 cm³/mol. The Morgan fingerprint density at radius 2 is 2.00 bits per heavy atom. The molecule has 2 heterocycles. The number of carboxylic acids is 1. The second-order valence-corrected chi connectivity index (χ2v) is 7.13. The molecular weight excluding hydrogens is 304 g/mol. The largest absolute Gasteiger partial charge is 0.481 e. The summed E-state index contributed by atoms with van der Waals surface area (Å²) in [6.07, 6.45) is 3.66. The molecule has 130 valence electrons. The first-order chi connectivity index (χ1) is 11.5. The van der Waals surface area contributed by atoms with Crippen molar-refractivity contribution in [2.75, 3.05) is 11.9 Å². The summed E-state index contributed by atoms with van der Waals surface area (Å²) < 4.78 is 0. The lowest BCUT2D eigenvalue weighted by atomic mass is 9.89. The molecule has 5 nitrogen and oxygen atoms in total. The van der Waals surface area contributed by atoms with Gasteiger partial charge in [0.15, 0.2) is 0 Å². The summed E-state index contributed by atoms with van der Waals surface area (Å²) in [5, 5.41) is 12.2. The molecule has 1 aromatic carbocycles. The molecule has 1 amide bonds. The summed E-state index contributed by atoms with van der Waals surface area (Å²) in [4.78, 5) is 25.7. The zero-order valence-electron chi connectivity index (χ0n) is 14.4. The molecule has 2 N–H and O–H groups in total. The van der Waals surface area contributed by atoms with Crippen LogP contribution in [0.3, 0.4) is 0 Å². The minimum Gasteiger partial charge on any atom is -0.481 e. The maximum atomic E-state index is 12.3. The van der Waals surface area contributed by atoms with Gasteiger partial charge in [0.05, 0.1) is 12.5 Å². The first-order valence-electron chi connectivity index (χ1n) is 8.88. The third-order valence-electron chi connectivity index (χ3n) is 5.70. The van der Waals surface area contributed by atoms with Gasteiger partial charge in [-0.05, 0) is 49.3 Å². The first-order valence-corrected chi connectivity index (χ1v) is 8.88. The molecule has 0 aromatic heterocycles. The second kappa shape index (κ2) is 6.93. The number of carbonyl (C=O) groups excluding carboxylic acids is 1. The van der Waals surface area contributed by atoms with Crippen LogP contribution in [0.4, 0.5) is 5.69 Å². The smallest absolute Gasteiger partial charge is 0.308 e. The Morgan fingerprint density at radius 1 is 1.29 bits per heavy atom. The van der Waals surface area contributed by atoms with Crippen molar-refractivity contribution < 1.29 is 14.7 Å². The maximum Gasteiger partial charge on any atom is 0.308 e. The molecule has 1 aromatic rings. The van der Waals surface area contributed by atoms with Gasteiger partial charge in [-0.1, -0.05) is 26.0 Å². The highest BCUT2D eigenvalue weighted by atomic mass is 16.4. The van der Waals surface area contributed by atoms with Crippen LogP contribution in [0.1, 0.15) is 51.0 Å². The molecule has 2 bridgehead atoms. The van der Waals surface area contributed by atoms with Crippen LogP contribution < -0.4 is 5.32 Å². The molecule has 0 radical (unpaired) electrons. The van der Waals surface area contributed by atoms with Gasteiger partial charge in [-0.3, -0.25) is 14.5 Å². The first kappa shape index (κ1) is 17.0. The Balaban J connectivity index is 1.57. The van der Waals surface area contributed by atoms with Crippen LogP contribution in [0.2, 0.25) is 0 Å². The van der Waals surface area contributed by atoms with Crippen molar-refractivity contribution in [3.63, 3.8) is 0 Å². The van der Waals surface area contributed by atoms with Gasteiger partial charge >= 0.3 is 5.97 Å². The summed E-state index contributed by atoms with van der Waals surface area (Å²) in [5.41, 5.74) is 2.07. The summed E-state index contributed by atoms with van der Waals surface area (Å²) >= 11 is 0. The van der Waals surface area contributed by atoms with Crippen LogP contribution in [0.15, 0.2) is 24.3 Å². The van der Waals surface area contributed by atoms with Crippen molar-refractivity contribution in [3.8, 4) is 0 Å². The van der Waals surface area contributed by atoms with Crippen molar-refractivity contribution in [2.45, 2.75) is 57.5 Å². The molecule has 0 aliphatic carbocycles. The number of anilines is 1. The maximum absolute atomic E-state index is 12.3. The molecule has 5 heteroatoms. The fraction of sp³-hybridized carbons (Fsp3) is 0.579. The van der Waals surface area contributed by atoms with E-state index >= 15 is 0 Å². The van der Waals surface area contributed by atoms with Crippen LogP contribution in [0.25, 0.3) is 0 Å². The van der Waals surface area contributed by atoms with E-state index in [0.29, 0.717) is 12.3 Å². The Morgan fingerprint density at radius 3 is 2.58 bits per heavy atom. The molecule has 2 saturated heterocycles. The van der Waals surface area contributed by atoms with Crippen LogP contribution in [0.5, 0.6) is 0 Å². The van der Waals surface area contributed by atoms with Crippen molar-refractivity contribution in [2.24, 2.45) is 5.92 Å². The standard InChI is InChI=1S/C19H26N2O3/c1-3-12(2)13-4-6-14(7-5-13)20-18(22)11-21-15-8-9-17(21)16(10-15)19(23)24/h4-7,12,15-17H,3,8-11H2,1-2H3,(H,20,22)(H,23,24). The number of hydrogen-bond acceptors (Lipinski definition) is 3. The molecule has 24 heavy (non-hydrogen) atoms. The van der Waals surface area contributed by atoms with Gasteiger partial charge in [-0.15, -0.1) is 0 Å². The van der Waals surface area contributed by atoms with E-state index in [4.69, 9.17) is 0 Å². The van der Waals surface area contributed by atoms with Gasteiger partial charge < -0.3 is 10.4 Å². The van der Waals surface area contributed by atoms with E-state index in [1.54, 1.807) is 0 Å². The Labute approximate surface area is 143 Å². The normalized spacial score (nSPS) is 27.2. The zero-order chi connectivity index (χ0) is 17.3. The average Bonchev–Trinajstić information content (AvgIpc) is 3.11. The number of aliphatic carboxylic acids is 1. The van der Waals surface area contributed by atoms with E-state index in [1.807, 2.05) is 12.1 Å². The monoisotopic (exact) mass is 330 g/mol. The van der Waals surface area contributed by atoms with Crippen molar-refractivity contribution in [1.29, 1.82) is 0 Å². The summed E-state index contributed by atoms with van der Waals surface area (Å²) in [6, 6.07) is 8.27. The molecule has 4 atom stereocenters. The van der Waals surface area contributed by atoms with Gasteiger partial charge in [0, 0.05) is 17.8 Å². The van der Waals surface area contributed by atoms with E-state index in [2.05, 4.69) is 36.2 Å². The average molecular weight is 330 g/mol. The molecule has 2 aliphatic heterocycles. The molecule has 2 aliphatic rings. The number of nitrogens with zero attached hydrogens (tertiary/aromatic N) is 1. The van der Waals surface area contributed by atoms with Crippen molar-refractivity contribution in [1.82, 2.24) is 4.90 Å². The molecule has 2 fully saturated rings. The number of nitrogens with one attached hydrogen (secondary N) is 1. The highest BCUT2D eigenvalue weighted by Gasteiger charge is 2.49. The number of carboxylic acid groups (broad SMARTS) is 1. The molecular formula is C19H26N2O3. The predicted octanol–water partition coefficient (Wildman–Crippen LogP) is 3.08. The van der Waals surface area contributed by atoms with Crippen LogP contribution in [-0.2, 0) is 9.59 Å². The fourth-order valence-electron chi connectivity index (χ4n) is 4.11. The van der Waals surface area contributed by atoms with Gasteiger partial charge in [-0.25, -0.2) is 0 Å². The fourth-order valence-corrected chi connectivity index (χ4v) is 4.11. The van der Waals surface area contributed by atoms with E-state index < -0.39 is 5.97 Å². The van der Waals surface area contributed by atoms with E-state index in [-0.39, 0.29) is 30.5 Å². The molecule has 0 spiro atoms. The lowest BCUT2D eigenvalue weighted by Crippen LogP contribution is -2.38. The Bertz CT molecular complexity index is 614. The third-order valence-corrected chi connectivity index (χ3v) is 5.70. The summed E-state index contributed by atoms with van der Waals surface area (Å²) in [5.74, 6) is -0.586. The second-order valence-electron chi connectivity index (χ2n) is 7.13. The number of rotatable bonds is 6. The van der Waals surface area contributed by atoms with Gasteiger partial charge in [0.1, 0.15) is 0 Å². The molecule has 4 unspecified atom stereocenters. The molecule has 0 saturated carbocycles. The van der Waals surface area contributed by atoms with E-state index in [0.717, 1.165) is 24.9 Å². The summed E-state index contributed by atoms with van der Waals surface area (Å²) in [7, 11) is 0. The SMILES string of the molecule is CCC(C)c1ccc(NC(=O)CN2C3CCC2C(C(=O)O)C3)cc1. The lowest BCUT2D eigenvalue weighted by molar-refractivity contribution is -0.142. The van der Waals surface area contributed by atoms with Gasteiger partial charge in [0.25, 0.3) is 0 Å². The number of carbonyl (C=O) groups is 2. The molecule has 3 rings (SSSR count). The topological polar surface area (TPSA) is 69.6 Å². The van der Waals surface area contributed by atoms with Crippen LogP contribution in [-0.4, -0.2) is 40.5 Å². The quantitative estimate of drug-likeness (QED) is 0.841. The summed E-state index contributed by atoms with van der Waals surface area (Å²) in [6.45, 7) is 4.64. The van der Waals surface area contributed by atoms with E-state index in [1.165, 1.54) is 5.56 Å². The minimum atomic E-state index is -0.728. The number of hydrogen-bond donors (Lipinski definition) is 2. The van der Waals surface area contributed by atoms with Crippen molar-refractivity contribution in [3.05, 3.63) is 29.8 Å². The number of benzene rings is 1. The third kappa shape index (κ3) is 3.31. The number of fused-ring (bicyclic) bond motifs is 2. The van der Waals surface area contributed by atoms with Crippen molar-refractivity contribution >= 4 is 17.6 Å². The van der Waals surface area contributed by atoms with Crippen LogP contribution >= 0.6 is 0 Å². The highest BCUT2D eigenvalue weighted by molar-refractivity contribution is 5.92. The minimum absolute atomic E-state index is 0.0195. The van der Waals surface area contributed by atoms with Gasteiger partial charge in [-0.2, -0.15) is 0 Å².